The van der Waals surface area contributed by atoms with E-state index >= 15 is 0 Å². The third-order valence-corrected chi connectivity index (χ3v) is 5.75. The molecule has 0 aliphatic rings. The summed E-state index contributed by atoms with van der Waals surface area (Å²) in [6, 6.07) is 9.08. The van der Waals surface area contributed by atoms with Gasteiger partial charge in [0.1, 0.15) is 6.04 Å². The Balaban J connectivity index is 1.80. The summed E-state index contributed by atoms with van der Waals surface area (Å²) in [6.45, 7) is 4.14. The van der Waals surface area contributed by atoms with Crippen LogP contribution in [-0.2, 0) is 22.4 Å². The Bertz CT molecular complexity index is 957. The molecule has 1 amide bonds. The number of carbonyl (C=O) groups excluding carboxylic acids is 2. The molecule has 1 aromatic carbocycles. The summed E-state index contributed by atoms with van der Waals surface area (Å²) in [4.78, 5) is 30.0. The molecule has 2 heterocycles. The van der Waals surface area contributed by atoms with E-state index in [9.17, 15) is 9.59 Å². The van der Waals surface area contributed by atoms with Gasteiger partial charge in [0.15, 0.2) is 0 Å². The molecule has 27 heavy (non-hydrogen) atoms. The smallest absolute Gasteiger partial charge is 0.328 e. The zero-order valence-corrected chi connectivity index (χ0v) is 16.6. The predicted octanol–water partition coefficient (Wildman–Crippen LogP) is 4.00. The van der Waals surface area contributed by atoms with Crippen molar-refractivity contribution in [3.63, 3.8) is 0 Å². The van der Waals surface area contributed by atoms with Crippen LogP contribution in [0.2, 0.25) is 0 Å². The standard InChI is InChI=1S/C21H24N2O3S/c1-4-7-14-11-19(27-13(14)2)20(24)23-18(21(25)26-3)10-15-12-22-17-9-6-5-8-16(15)17/h5-6,8-9,11-12,18,22H,4,7,10H2,1-3H3,(H,23,24). The predicted molar refractivity (Wildman–Crippen MR) is 108 cm³/mol. The van der Waals surface area contributed by atoms with E-state index in [-0.39, 0.29) is 5.91 Å². The molecule has 0 radical (unpaired) electrons. The molecule has 0 saturated heterocycles. The topological polar surface area (TPSA) is 71.2 Å². The average Bonchev–Trinajstić information content (AvgIpc) is 3.25. The van der Waals surface area contributed by atoms with E-state index in [1.54, 1.807) is 0 Å². The van der Waals surface area contributed by atoms with E-state index < -0.39 is 12.0 Å². The van der Waals surface area contributed by atoms with Crippen LogP contribution in [0.3, 0.4) is 0 Å². The molecule has 0 aliphatic carbocycles. The highest BCUT2D eigenvalue weighted by Gasteiger charge is 2.25. The van der Waals surface area contributed by atoms with Crippen LogP contribution in [0, 0.1) is 6.92 Å². The van der Waals surface area contributed by atoms with Gasteiger partial charge in [-0.3, -0.25) is 4.79 Å². The lowest BCUT2D eigenvalue weighted by atomic mass is 10.0. The number of benzene rings is 1. The number of fused-ring (bicyclic) bond motifs is 1. The lowest BCUT2D eigenvalue weighted by Crippen LogP contribution is -2.42. The van der Waals surface area contributed by atoms with E-state index in [1.807, 2.05) is 43.5 Å². The van der Waals surface area contributed by atoms with E-state index in [0.29, 0.717) is 11.3 Å². The maximum atomic E-state index is 12.7. The van der Waals surface area contributed by atoms with Crippen LogP contribution in [0.1, 0.15) is 39.0 Å². The number of esters is 1. The minimum Gasteiger partial charge on any atom is -0.467 e. The van der Waals surface area contributed by atoms with Gasteiger partial charge in [0.25, 0.3) is 5.91 Å². The molecule has 1 unspecified atom stereocenters. The van der Waals surface area contributed by atoms with Gasteiger partial charge in [-0.25, -0.2) is 4.79 Å². The number of carbonyl (C=O) groups is 2. The van der Waals surface area contributed by atoms with Crippen molar-refractivity contribution in [2.75, 3.05) is 7.11 Å². The Morgan fingerprint density at radius 3 is 2.78 bits per heavy atom. The number of H-pyrrole nitrogens is 1. The van der Waals surface area contributed by atoms with Crippen molar-refractivity contribution in [1.82, 2.24) is 10.3 Å². The lowest BCUT2D eigenvalue weighted by Gasteiger charge is -2.15. The third kappa shape index (κ3) is 4.22. The van der Waals surface area contributed by atoms with Crippen LogP contribution in [-0.4, -0.2) is 30.0 Å². The Kier molecular flexibility index (Phi) is 5.96. The molecule has 142 valence electrons. The minimum atomic E-state index is -0.737. The number of hydrogen-bond donors (Lipinski definition) is 2. The SMILES string of the molecule is CCCc1cc(C(=O)NC(Cc2c[nH]c3ccccc23)C(=O)OC)sc1C. The summed E-state index contributed by atoms with van der Waals surface area (Å²) in [5.74, 6) is -0.684. The number of nitrogens with one attached hydrogen (secondary N) is 2. The van der Waals surface area contributed by atoms with Crippen LogP contribution in [0.15, 0.2) is 36.5 Å². The molecule has 2 aromatic heterocycles. The summed E-state index contributed by atoms with van der Waals surface area (Å²) in [7, 11) is 1.34. The van der Waals surface area contributed by atoms with Gasteiger partial charge < -0.3 is 15.0 Å². The summed E-state index contributed by atoms with van der Waals surface area (Å²) in [5, 5.41) is 3.89. The average molecular weight is 385 g/mol. The summed E-state index contributed by atoms with van der Waals surface area (Å²) in [5.41, 5.74) is 3.16. The molecule has 3 aromatic rings. The van der Waals surface area contributed by atoms with Crippen molar-refractivity contribution in [3.8, 4) is 0 Å². The zero-order chi connectivity index (χ0) is 19.4. The fourth-order valence-electron chi connectivity index (χ4n) is 3.23. The molecule has 0 bridgehead atoms. The molecular formula is C21H24N2O3S. The molecule has 0 saturated carbocycles. The largest absolute Gasteiger partial charge is 0.467 e. The van der Waals surface area contributed by atoms with Crippen LogP contribution in [0.5, 0.6) is 0 Å². The number of ether oxygens (including phenoxy) is 1. The van der Waals surface area contributed by atoms with Crippen LogP contribution < -0.4 is 5.32 Å². The first-order chi connectivity index (χ1) is 13.0. The van der Waals surface area contributed by atoms with Gasteiger partial charge in [-0.1, -0.05) is 31.5 Å². The zero-order valence-electron chi connectivity index (χ0n) is 15.8. The molecule has 6 heteroatoms. The van der Waals surface area contributed by atoms with Gasteiger partial charge in [0, 0.05) is 28.4 Å². The summed E-state index contributed by atoms with van der Waals surface area (Å²) < 4.78 is 4.92. The Hall–Kier alpha value is -2.60. The van der Waals surface area contributed by atoms with Crippen molar-refractivity contribution >= 4 is 34.1 Å². The molecule has 0 spiro atoms. The number of aromatic nitrogens is 1. The van der Waals surface area contributed by atoms with Gasteiger partial charge in [0.05, 0.1) is 12.0 Å². The minimum absolute atomic E-state index is 0.235. The van der Waals surface area contributed by atoms with Crippen molar-refractivity contribution in [1.29, 1.82) is 0 Å². The Morgan fingerprint density at radius 1 is 1.26 bits per heavy atom. The van der Waals surface area contributed by atoms with Gasteiger partial charge in [-0.05, 0) is 36.6 Å². The fraction of sp³-hybridized carbons (Fsp3) is 0.333. The molecule has 2 N–H and O–H groups in total. The number of hydrogen-bond acceptors (Lipinski definition) is 4. The molecule has 1 atom stereocenters. The first-order valence-electron chi connectivity index (χ1n) is 9.06. The Labute approximate surface area is 162 Å². The second-order valence-electron chi connectivity index (χ2n) is 6.55. The number of methoxy groups -OCH3 is 1. The molecule has 0 aliphatic heterocycles. The van der Waals surface area contributed by atoms with Gasteiger partial charge in [0.2, 0.25) is 0 Å². The highest BCUT2D eigenvalue weighted by molar-refractivity contribution is 7.14. The number of thiophene rings is 1. The normalized spacial score (nSPS) is 12.1. The number of aromatic amines is 1. The first-order valence-corrected chi connectivity index (χ1v) is 9.88. The van der Waals surface area contributed by atoms with E-state index in [4.69, 9.17) is 4.74 Å². The second kappa shape index (κ2) is 8.39. The van der Waals surface area contributed by atoms with Gasteiger partial charge in [-0.2, -0.15) is 0 Å². The van der Waals surface area contributed by atoms with Crippen molar-refractivity contribution in [2.45, 2.75) is 39.2 Å². The number of aryl methyl sites for hydroxylation is 2. The molecule has 5 nitrogen and oxygen atoms in total. The number of amides is 1. The highest BCUT2D eigenvalue weighted by Crippen LogP contribution is 2.24. The van der Waals surface area contributed by atoms with Crippen molar-refractivity contribution < 1.29 is 14.3 Å². The van der Waals surface area contributed by atoms with Crippen molar-refractivity contribution in [2.24, 2.45) is 0 Å². The van der Waals surface area contributed by atoms with Gasteiger partial charge >= 0.3 is 5.97 Å². The summed E-state index contributed by atoms with van der Waals surface area (Å²) >= 11 is 1.46. The number of para-hydroxylation sites is 1. The molecular weight excluding hydrogens is 360 g/mol. The quantitative estimate of drug-likeness (QED) is 0.605. The first kappa shape index (κ1) is 19.2. The van der Waals surface area contributed by atoms with E-state index in [0.717, 1.165) is 34.2 Å². The van der Waals surface area contributed by atoms with Crippen LogP contribution in [0.25, 0.3) is 10.9 Å². The lowest BCUT2D eigenvalue weighted by molar-refractivity contribution is -0.142. The van der Waals surface area contributed by atoms with Crippen molar-refractivity contribution in [3.05, 3.63) is 57.4 Å². The second-order valence-corrected chi connectivity index (χ2v) is 7.81. The van der Waals surface area contributed by atoms with Crippen LogP contribution in [0.4, 0.5) is 0 Å². The monoisotopic (exact) mass is 384 g/mol. The van der Waals surface area contributed by atoms with E-state index in [2.05, 4.69) is 17.2 Å². The highest BCUT2D eigenvalue weighted by atomic mass is 32.1. The van der Waals surface area contributed by atoms with E-state index in [1.165, 1.54) is 24.0 Å². The number of rotatable bonds is 7. The summed E-state index contributed by atoms with van der Waals surface area (Å²) in [6.07, 6.45) is 4.23. The third-order valence-electron chi connectivity index (χ3n) is 4.65. The maximum absolute atomic E-state index is 12.7. The fourth-order valence-corrected chi connectivity index (χ4v) is 4.21. The maximum Gasteiger partial charge on any atom is 0.328 e. The molecule has 0 fully saturated rings. The van der Waals surface area contributed by atoms with Gasteiger partial charge in [-0.15, -0.1) is 11.3 Å². The molecule has 3 rings (SSSR count). The van der Waals surface area contributed by atoms with Crippen LogP contribution >= 0.6 is 11.3 Å². The Morgan fingerprint density at radius 2 is 2.04 bits per heavy atom.